The molecule has 1 amide bonds. The average molecular weight is 316 g/mol. The van der Waals surface area contributed by atoms with Gasteiger partial charge in [0.25, 0.3) is 5.91 Å². The third-order valence-electron chi connectivity index (χ3n) is 5.09. The molecule has 4 nitrogen and oxygen atoms in total. The Morgan fingerprint density at radius 1 is 1.52 bits per heavy atom. The van der Waals surface area contributed by atoms with Crippen molar-refractivity contribution >= 4 is 17.8 Å². The van der Waals surface area contributed by atoms with E-state index in [1.54, 1.807) is 12.3 Å². The van der Waals surface area contributed by atoms with Crippen molar-refractivity contribution in [1.82, 2.24) is 0 Å². The van der Waals surface area contributed by atoms with E-state index >= 15 is 0 Å². The first-order valence-electron chi connectivity index (χ1n) is 7.87. The minimum Gasteiger partial charge on any atom is -0.386 e. The average Bonchev–Trinajstić information content (AvgIpc) is 2.51. The molecule has 0 radical (unpaired) electrons. The number of halogens is 1. The quantitative estimate of drug-likeness (QED) is 0.664. The second kappa shape index (κ2) is 6.14. The molecule has 1 aromatic rings. The first kappa shape index (κ1) is 15.7. The maximum atomic E-state index is 13.0. The van der Waals surface area contributed by atoms with Crippen molar-refractivity contribution < 1.29 is 14.0 Å². The molecule has 23 heavy (non-hydrogen) atoms. The highest BCUT2D eigenvalue weighted by Gasteiger charge is 2.50. The number of oxime groups is 1. The topological polar surface area (TPSA) is 50.7 Å². The van der Waals surface area contributed by atoms with Crippen LogP contribution in [0.5, 0.6) is 0 Å². The number of benzene rings is 1. The van der Waals surface area contributed by atoms with Crippen LogP contribution in [0.3, 0.4) is 0 Å². The molecule has 1 fully saturated rings. The number of rotatable bonds is 5. The highest BCUT2D eigenvalue weighted by Crippen LogP contribution is 2.58. The smallest absolute Gasteiger partial charge is 0.265 e. The van der Waals surface area contributed by atoms with Gasteiger partial charge in [-0.1, -0.05) is 31.1 Å². The summed E-state index contributed by atoms with van der Waals surface area (Å²) in [4.78, 5) is 16.8. The summed E-state index contributed by atoms with van der Waals surface area (Å²) in [5, 5.41) is 6.47. The zero-order valence-electron chi connectivity index (χ0n) is 13.4. The zero-order chi connectivity index (χ0) is 16.4. The minimum absolute atomic E-state index is 0.197. The van der Waals surface area contributed by atoms with Crippen molar-refractivity contribution in [1.29, 1.82) is 0 Å². The van der Waals surface area contributed by atoms with Crippen molar-refractivity contribution in [3.05, 3.63) is 41.7 Å². The fraction of sp³-hybridized carbons (Fsp3) is 0.444. The molecule has 0 aromatic heterocycles. The molecule has 1 N–H and O–H groups in total. The maximum absolute atomic E-state index is 13.0. The number of anilines is 1. The molecule has 2 unspecified atom stereocenters. The van der Waals surface area contributed by atoms with Crippen molar-refractivity contribution in [3.63, 3.8) is 0 Å². The fourth-order valence-corrected chi connectivity index (χ4v) is 3.50. The molecular formula is C18H21FN2O2. The van der Waals surface area contributed by atoms with Gasteiger partial charge in [-0.05, 0) is 53.9 Å². The van der Waals surface area contributed by atoms with Gasteiger partial charge in [0.05, 0.1) is 6.21 Å². The Balaban J connectivity index is 1.46. The SMILES string of the molecule is CC1(C)C2CC=C(C=NOCC(=O)Nc3cccc(F)c3)C1C2. The van der Waals surface area contributed by atoms with E-state index in [9.17, 15) is 9.18 Å². The molecule has 3 aliphatic carbocycles. The van der Waals surface area contributed by atoms with Crippen LogP contribution in [-0.4, -0.2) is 18.7 Å². The van der Waals surface area contributed by atoms with Gasteiger partial charge in [-0.15, -0.1) is 0 Å². The Hall–Kier alpha value is -2.17. The number of nitrogens with one attached hydrogen (secondary N) is 1. The van der Waals surface area contributed by atoms with Gasteiger partial charge in [-0.2, -0.15) is 0 Å². The van der Waals surface area contributed by atoms with E-state index in [1.807, 2.05) is 0 Å². The van der Waals surface area contributed by atoms with Crippen LogP contribution < -0.4 is 5.32 Å². The van der Waals surface area contributed by atoms with Gasteiger partial charge < -0.3 is 10.2 Å². The third-order valence-corrected chi connectivity index (χ3v) is 5.09. The molecule has 122 valence electrons. The number of fused-ring (bicyclic) bond motifs is 1. The second-order valence-electron chi connectivity index (χ2n) is 6.81. The van der Waals surface area contributed by atoms with E-state index in [0.29, 0.717) is 17.0 Å². The number of carbonyl (C=O) groups excluding carboxylic acids is 1. The van der Waals surface area contributed by atoms with Crippen molar-refractivity contribution in [2.24, 2.45) is 22.4 Å². The zero-order valence-corrected chi connectivity index (χ0v) is 13.4. The molecule has 0 spiro atoms. The lowest BCUT2D eigenvalue weighted by molar-refractivity contribution is -0.120. The number of amides is 1. The Morgan fingerprint density at radius 3 is 3.04 bits per heavy atom. The summed E-state index contributed by atoms with van der Waals surface area (Å²) in [6.45, 7) is 4.39. The lowest BCUT2D eigenvalue weighted by Crippen LogP contribution is -2.48. The molecule has 3 aliphatic rings. The number of allylic oxidation sites excluding steroid dienone is 2. The molecule has 0 heterocycles. The van der Waals surface area contributed by atoms with Crippen molar-refractivity contribution in [2.45, 2.75) is 26.7 Å². The van der Waals surface area contributed by atoms with Crippen LogP contribution in [0.2, 0.25) is 0 Å². The first-order chi connectivity index (χ1) is 11.0. The normalized spacial score (nSPS) is 24.7. The molecule has 1 saturated carbocycles. The predicted octanol–water partition coefficient (Wildman–Crippen LogP) is 3.76. The summed E-state index contributed by atoms with van der Waals surface area (Å²) in [6.07, 6.45) is 6.23. The molecule has 0 saturated heterocycles. The largest absolute Gasteiger partial charge is 0.386 e. The van der Waals surface area contributed by atoms with E-state index in [1.165, 1.54) is 30.2 Å². The number of hydrogen-bond acceptors (Lipinski definition) is 3. The summed E-state index contributed by atoms with van der Waals surface area (Å²) >= 11 is 0. The lowest BCUT2D eigenvalue weighted by atomic mass is 9.49. The molecule has 1 aromatic carbocycles. The lowest BCUT2D eigenvalue weighted by Gasteiger charge is -2.55. The van der Waals surface area contributed by atoms with E-state index in [-0.39, 0.29) is 12.5 Å². The molecule has 5 heteroatoms. The van der Waals surface area contributed by atoms with Crippen LogP contribution in [-0.2, 0) is 9.63 Å². The van der Waals surface area contributed by atoms with Gasteiger partial charge in [0.2, 0.25) is 0 Å². The summed E-state index contributed by atoms with van der Waals surface area (Å²) in [5.41, 5.74) is 1.94. The molecule has 2 bridgehead atoms. The highest BCUT2D eigenvalue weighted by atomic mass is 19.1. The van der Waals surface area contributed by atoms with Crippen LogP contribution in [0.15, 0.2) is 41.1 Å². The van der Waals surface area contributed by atoms with Crippen LogP contribution in [0.1, 0.15) is 26.7 Å². The summed E-state index contributed by atoms with van der Waals surface area (Å²) in [6, 6.07) is 5.73. The maximum Gasteiger partial charge on any atom is 0.265 e. The van der Waals surface area contributed by atoms with Gasteiger partial charge in [-0.3, -0.25) is 4.79 Å². The van der Waals surface area contributed by atoms with Gasteiger partial charge in [0.1, 0.15) is 5.82 Å². The van der Waals surface area contributed by atoms with E-state index < -0.39 is 5.82 Å². The second-order valence-corrected chi connectivity index (χ2v) is 6.81. The van der Waals surface area contributed by atoms with Crippen LogP contribution >= 0.6 is 0 Å². The van der Waals surface area contributed by atoms with Gasteiger partial charge >= 0.3 is 0 Å². The molecule has 2 atom stereocenters. The van der Waals surface area contributed by atoms with Crippen LogP contribution in [0, 0.1) is 23.1 Å². The van der Waals surface area contributed by atoms with Gasteiger partial charge in [0, 0.05) is 5.69 Å². The molecule has 0 aliphatic heterocycles. The molecule has 4 rings (SSSR count). The van der Waals surface area contributed by atoms with E-state index in [4.69, 9.17) is 4.84 Å². The predicted molar refractivity (Wildman–Crippen MR) is 87.6 cm³/mol. The van der Waals surface area contributed by atoms with Crippen molar-refractivity contribution in [2.75, 3.05) is 11.9 Å². The Labute approximate surface area is 135 Å². The number of carbonyl (C=O) groups is 1. The Morgan fingerprint density at radius 2 is 2.35 bits per heavy atom. The van der Waals surface area contributed by atoms with Crippen LogP contribution in [0.25, 0.3) is 0 Å². The summed E-state index contributed by atoms with van der Waals surface area (Å²) in [7, 11) is 0. The van der Waals surface area contributed by atoms with E-state index in [2.05, 4.69) is 30.4 Å². The monoisotopic (exact) mass is 316 g/mol. The van der Waals surface area contributed by atoms with E-state index in [0.717, 1.165) is 12.3 Å². The standard InChI is InChI=1S/C18H21FN2O2/c1-18(2)13-7-6-12(16(18)8-13)10-20-23-11-17(22)21-15-5-3-4-14(19)9-15/h3-6,9-10,13,16H,7-8,11H2,1-2H3,(H,21,22). The number of nitrogens with zero attached hydrogens (tertiary/aromatic N) is 1. The highest BCUT2D eigenvalue weighted by molar-refractivity contribution is 5.91. The fourth-order valence-electron chi connectivity index (χ4n) is 3.50. The van der Waals surface area contributed by atoms with Gasteiger partial charge in [0.15, 0.2) is 6.61 Å². The number of hydrogen-bond donors (Lipinski definition) is 1. The Bertz CT molecular complexity index is 667. The summed E-state index contributed by atoms with van der Waals surface area (Å²) in [5.74, 6) is 0.555. The first-order valence-corrected chi connectivity index (χ1v) is 7.87. The Kier molecular flexibility index (Phi) is 4.20. The minimum atomic E-state index is -0.396. The van der Waals surface area contributed by atoms with Gasteiger partial charge in [-0.25, -0.2) is 4.39 Å². The van der Waals surface area contributed by atoms with Crippen molar-refractivity contribution in [3.8, 4) is 0 Å². The third kappa shape index (κ3) is 3.28. The molecular weight excluding hydrogens is 295 g/mol. The summed E-state index contributed by atoms with van der Waals surface area (Å²) < 4.78 is 13.0. The van der Waals surface area contributed by atoms with Crippen LogP contribution in [0.4, 0.5) is 10.1 Å².